The molecule has 1 fully saturated rings. The van der Waals surface area contributed by atoms with E-state index in [1.165, 1.54) is 0 Å². The average molecular weight is 282 g/mol. The highest BCUT2D eigenvalue weighted by atomic mass is 16.5. The molecule has 1 saturated heterocycles. The van der Waals surface area contributed by atoms with Crippen LogP contribution < -0.4 is 0 Å². The maximum absolute atomic E-state index is 12.3. The van der Waals surface area contributed by atoms with Gasteiger partial charge in [-0.3, -0.25) is 9.48 Å². The summed E-state index contributed by atoms with van der Waals surface area (Å²) >= 11 is 0. The zero-order chi connectivity index (χ0) is 14.2. The molecule has 0 spiro atoms. The van der Waals surface area contributed by atoms with Crippen molar-refractivity contribution < 1.29 is 9.32 Å². The van der Waals surface area contributed by atoms with Gasteiger partial charge in [0.15, 0.2) is 5.58 Å². The monoisotopic (exact) mass is 282 g/mol. The SMILES string of the molecule is O=C(Cc1noc2ccccc12)N1CC(n2cccn2)C1. The molecule has 21 heavy (non-hydrogen) atoms. The summed E-state index contributed by atoms with van der Waals surface area (Å²) in [5, 5.41) is 9.12. The molecule has 6 nitrogen and oxygen atoms in total. The number of amides is 1. The minimum absolute atomic E-state index is 0.0810. The largest absolute Gasteiger partial charge is 0.356 e. The molecule has 3 heterocycles. The van der Waals surface area contributed by atoms with Crippen molar-refractivity contribution in [3.05, 3.63) is 48.4 Å². The standard InChI is InChI=1S/C15H14N4O2/c20-15(18-9-11(10-18)19-7-3-6-16-19)8-13-12-4-1-2-5-14(12)21-17-13/h1-7,11H,8-10H2. The van der Waals surface area contributed by atoms with Crippen LogP contribution in [0.25, 0.3) is 11.0 Å². The molecule has 6 heteroatoms. The molecular formula is C15H14N4O2. The molecule has 0 radical (unpaired) electrons. The minimum atomic E-state index is 0.0810. The third-order valence-corrected chi connectivity index (χ3v) is 3.88. The molecule has 1 aliphatic heterocycles. The lowest BCUT2D eigenvalue weighted by Crippen LogP contribution is -2.51. The summed E-state index contributed by atoms with van der Waals surface area (Å²) in [6, 6.07) is 9.78. The van der Waals surface area contributed by atoms with E-state index in [0.717, 1.165) is 11.0 Å². The maximum atomic E-state index is 12.3. The lowest BCUT2D eigenvalue weighted by atomic mass is 10.1. The highest BCUT2D eigenvalue weighted by molar-refractivity contribution is 5.86. The maximum Gasteiger partial charge on any atom is 0.228 e. The van der Waals surface area contributed by atoms with Crippen molar-refractivity contribution in [3.63, 3.8) is 0 Å². The molecule has 0 bridgehead atoms. The molecule has 0 saturated carbocycles. The second-order valence-electron chi connectivity index (χ2n) is 5.24. The fourth-order valence-corrected chi connectivity index (χ4v) is 2.64. The molecule has 0 N–H and O–H groups in total. The Morgan fingerprint density at radius 1 is 1.29 bits per heavy atom. The second-order valence-corrected chi connectivity index (χ2v) is 5.24. The number of rotatable bonds is 3. The van der Waals surface area contributed by atoms with Crippen LogP contribution in [0, 0.1) is 0 Å². The summed E-state index contributed by atoms with van der Waals surface area (Å²) in [6.45, 7) is 1.41. The van der Waals surface area contributed by atoms with Crippen LogP contribution in [0.15, 0.2) is 47.2 Å². The Labute approximate surface area is 120 Å². The first-order chi connectivity index (χ1) is 10.3. The number of benzene rings is 1. The fourth-order valence-electron chi connectivity index (χ4n) is 2.64. The Morgan fingerprint density at radius 2 is 2.14 bits per heavy atom. The smallest absolute Gasteiger partial charge is 0.228 e. The number of fused-ring (bicyclic) bond motifs is 1. The van der Waals surface area contributed by atoms with Crippen LogP contribution in [-0.4, -0.2) is 38.8 Å². The van der Waals surface area contributed by atoms with Crippen LogP contribution in [-0.2, 0) is 11.2 Å². The predicted molar refractivity (Wildman–Crippen MR) is 75.6 cm³/mol. The molecule has 1 aromatic carbocycles. The number of carbonyl (C=O) groups excluding carboxylic acids is 1. The van der Waals surface area contributed by atoms with Gasteiger partial charge in [0.1, 0.15) is 5.69 Å². The zero-order valence-corrected chi connectivity index (χ0v) is 11.3. The molecule has 4 rings (SSSR count). The molecule has 0 aliphatic carbocycles. The Kier molecular flexibility index (Phi) is 2.73. The molecular weight excluding hydrogens is 268 g/mol. The Balaban J connectivity index is 1.43. The van der Waals surface area contributed by atoms with Crippen LogP contribution in [0.2, 0.25) is 0 Å². The molecule has 1 aliphatic rings. The first-order valence-electron chi connectivity index (χ1n) is 6.91. The van der Waals surface area contributed by atoms with E-state index in [1.807, 2.05) is 46.1 Å². The van der Waals surface area contributed by atoms with Crippen LogP contribution in [0.1, 0.15) is 11.7 Å². The summed E-state index contributed by atoms with van der Waals surface area (Å²) in [6.07, 6.45) is 3.96. The van der Waals surface area contributed by atoms with Gasteiger partial charge in [0, 0.05) is 30.9 Å². The third-order valence-electron chi connectivity index (χ3n) is 3.88. The van der Waals surface area contributed by atoms with Crippen molar-refractivity contribution in [2.24, 2.45) is 0 Å². The average Bonchev–Trinajstić information content (AvgIpc) is 3.08. The van der Waals surface area contributed by atoms with Crippen LogP contribution in [0.3, 0.4) is 0 Å². The first-order valence-corrected chi connectivity index (χ1v) is 6.91. The van der Waals surface area contributed by atoms with E-state index in [0.29, 0.717) is 18.8 Å². The van der Waals surface area contributed by atoms with Gasteiger partial charge in [-0.15, -0.1) is 0 Å². The van der Waals surface area contributed by atoms with Crippen molar-refractivity contribution in [2.75, 3.05) is 13.1 Å². The Hall–Kier alpha value is -2.63. The molecule has 1 amide bonds. The molecule has 106 valence electrons. The van der Waals surface area contributed by atoms with Gasteiger partial charge in [0.25, 0.3) is 0 Å². The van der Waals surface area contributed by atoms with E-state index in [-0.39, 0.29) is 18.4 Å². The second kappa shape index (κ2) is 4.73. The normalized spacial score (nSPS) is 15.3. The number of nitrogens with zero attached hydrogens (tertiary/aromatic N) is 4. The van der Waals surface area contributed by atoms with E-state index >= 15 is 0 Å². The van der Waals surface area contributed by atoms with Crippen LogP contribution in [0.4, 0.5) is 0 Å². The number of carbonyl (C=O) groups is 1. The Morgan fingerprint density at radius 3 is 2.95 bits per heavy atom. The quantitative estimate of drug-likeness (QED) is 0.732. The van der Waals surface area contributed by atoms with Gasteiger partial charge >= 0.3 is 0 Å². The van der Waals surface area contributed by atoms with E-state index in [2.05, 4.69) is 10.3 Å². The van der Waals surface area contributed by atoms with Crippen molar-refractivity contribution >= 4 is 16.9 Å². The molecule has 3 aromatic rings. The van der Waals surface area contributed by atoms with Gasteiger partial charge in [-0.25, -0.2) is 0 Å². The van der Waals surface area contributed by atoms with Gasteiger partial charge in [-0.1, -0.05) is 17.3 Å². The van der Waals surface area contributed by atoms with E-state index in [1.54, 1.807) is 6.20 Å². The topological polar surface area (TPSA) is 64.2 Å². The minimum Gasteiger partial charge on any atom is -0.356 e. The summed E-state index contributed by atoms with van der Waals surface area (Å²) in [4.78, 5) is 14.1. The highest BCUT2D eigenvalue weighted by Crippen LogP contribution is 2.23. The van der Waals surface area contributed by atoms with E-state index in [4.69, 9.17) is 4.52 Å². The van der Waals surface area contributed by atoms with E-state index in [9.17, 15) is 4.79 Å². The van der Waals surface area contributed by atoms with E-state index < -0.39 is 0 Å². The van der Waals surface area contributed by atoms with Crippen molar-refractivity contribution in [2.45, 2.75) is 12.5 Å². The summed E-state index contributed by atoms with van der Waals surface area (Å²) < 4.78 is 7.12. The number of para-hydroxylation sites is 1. The fraction of sp³-hybridized carbons (Fsp3) is 0.267. The van der Waals surface area contributed by atoms with Gasteiger partial charge in [0.05, 0.1) is 12.5 Å². The number of aromatic nitrogens is 3. The van der Waals surface area contributed by atoms with Gasteiger partial charge < -0.3 is 9.42 Å². The predicted octanol–water partition coefficient (Wildman–Crippen LogP) is 1.65. The number of hydrogen-bond acceptors (Lipinski definition) is 4. The summed E-state index contributed by atoms with van der Waals surface area (Å²) in [5.74, 6) is 0.0810. The van der Waals surface area contributed by atoms with Gasteiger partial charge in [-0.05, 0) is 18.2 Å². The lowest BCUT2D eigenvalue weighted by Gasteiger charge is -2.39. The Bertz CT molecular complexity index is 772. The molecule has 2 aromatic heterocycles. The summed E-state index contributed by atoms with van der Waals surface area (Å²) in [7, 11) is 0. The molecule has 0 atom stereocenters. The van der Waals surface area contributed by atoms with Crippen LogP contribution >= 0.6 is 0 Å². The van der Waals surface area contributed by atoms with Crippen molar-refractivity contribution in [3.8, 4) is 0 Å². The number of likely N-dealkylation sites (tertiary alicyclic amines) is 1. The zero-order valence-electron chi connectivity index (χ0n) is 11.3. The van der Waals surface area contributed by atoms with Crippen molar-refractivity contribution in [1.29, 1.82) is 0 Å². The van der Waals surface area contributed by atoms with Crippen molar-refractivity contribution in [1.82, 2.24) is 19.8 Å². The summed E-state index contributed by atoms with van der Waals surface area (Å²) in [5.41, 5.74) is 1.43. The lowest BCUT2D eigenvalue weighted by molar-refractivity contribution is -0.136. The third kappa shape index (κ3) is 2.08. The first kappa shape index (κ1) is 12.1. The van der Waals surface area contributed by atoms with Gasteiger partial charge in [-0.2, -0.15) is 5.10 Å². The number of hydrogen-bond donors (Lipinski definition) is 0. The van der Waals surface area contributed by atoms with Gasteiger partial charge in [0.2, 0.25) is 5.91 Å². The molecule has 0 unspecified atom stereocenters. The van der Waals surface area contributed by atoms with Crippen LogP contribution in [0.5, 0.6) is 0 Å². The highest BCUT2D eigenvalue weighted by Gasteiger charge is 2.32.